The van der Waals surface area contributed by atoms with Gasteiger partial charge in [-0.05, 0) is 25.0 Å². The molecule has 23 heavy (non-hydrogen) atoms. The molecule has 0 spiro atoms. The molecule has 0 amide bonds. The maximum Gasteiger partial charge on any atom is 0.406 e. The fourth-order valence-electron chi connectivity index (χ4n) is 2.92. The monoisotopic (exact) mass is 358 g/mol. The summed E-state index contributed by atoms with van der Waals surface area (Å²) in [6.45, 7) is 0. The van der Waals surface area contributed by atoms with Crippen LogP contribution in [-0.2, 0) is 20.9 Å². The van der Waals surface area contributed by atoms with E-state index >= 15 is 0 Å². The second-order valence-corrected chi connectivity index (χ2v) is 8.48. The topological polar surface area (TPSA) is 117 Å². The lowest BCUT2D eigenvalue weighted by Crippen LogP contribution is -2.48. The van der Waals surface area contributed by atoms with E-state index in [1.54, 1.807) is 6.07 Å². The molecule has 0 aliphatic heterocycles. The van der Waals surface area contributed by atoms with Crippen LogP contribution < -0.4 is 4.74 Å². The predicted octanol–water partition coefficient (Wildman–Crippen LogP) is 2.02. The van der Waals surface area contributed by atoms with Crippen LogP contribution in [0, 0.1) is 0 Å². The number of para-hydroxylation sites is 1. The van der Waals surface area contributed by atoms with E-state index < -0.39 is 30.7 Å². The number of hydrogen-bond donors (Lipinski definition) is 1. The summed E-state index contributed by atoms with van der Waals surface area (Å²) in [4.78, 5) is 2.76. The molecule has 1 aliphatic rings. The molecule has 0 saturated heterocycles. The molecule has 1 aliphatic carbocycles. The minimum atomic E-state index is -4.28. The van der Waals surface area contributed by atoms with E-state index in [0.717, 1.165) is 6.42 Å². The Morgan fingerprint density at radius 1 is 1.30 bits per heavy atom. The van der Waals surface area contributed by atoms with Gasteiger partial charge in [0, 0.05) is 0 Å². The molecule has 0 radical (unpaired) electrons. The van der Waals surface area contributed by atoms with E-state index in [1.807, 2.05) is 0 Å². The summed E-state index contributed by atoms with van der Waals surface area (Å²) in [5.74, 6) is 0.0864. The van der Waals surface area contributed by atoms with Gasteiger partial charge in [0.15, 0.2) is 15.8 Å². The summed E-state index contributed by atoms with van der Waals surface area (Å²) in [5.41, 5.74) is 9.38. The summed E-state index contributed by atoms with van der Waals surface area (Å²) in [7, 11) is -2.95. The maximum absolute atomic E-state index is 12.9. The summed E-state index contributed by atoms with van der Waals surface area (Å²) >= 11 is -2.48. The first-order valence-electron chi connectivity index (χ1n) is 7.12. The summed E-state index contributed by atoms with van der Waals surface area (Å²) in [6.07, 6.45) is 2.36. The SMILES string of the molecule is COc1ccccc1S(=O)(=O)C(=[N+]=[N-])C1(S(=O)O)CCCCC1. The zero-order valence-electron chi connectivity index (χ0n) is 12.6. The van der Waals surface area contributed by atoms with Crippen LogP contribution in [0.25, 0.3) is 5.53 Å². The van der Waals surface area contributed by atoms with E-state index in [0.29, 0.717) is 12.8 Å². The molecule has 1 unspecified atom stereocenters. The smallest absolute Gasteiger partial charge is 0.406 e. The highest BCUT2D eigenvalue weighted by Crippen LogP contribution is 2.38. The van der Waals surface area contributed by atoms with Crippen LogP contribution in [0.3, 0.4) is 0 Å². The summed E-state index contributed by atoms with van der Waals surface area (Å²) < 4.78 is 51.0. The highest BCUT2D eigenvalue weighted by atomic mass is 32.2. The maximum atomic E-state index is 12.9. The van der Waals surface area contributed by atoms with Crippen molar-refractivity contribution in [2.24, 2.45) is 0 Å². The van der Waals surface area contributed by atoms with E-state index in [4.69, 9.17) is 4.74 Å². The molecule has 2 rings (SSSR count). The van der Waals surface area contributed by atoms with Crippen molar-refractivity contribution < 1.29 is 26.7 Å². The second kappa shape index (κ2) is 6.92. The van der Waals surface area contributed by atoms with Crippen LogP contribution in [0.1, 0.15) is 32.1 Å². The highest BCUT2D eigenvalue weighted by molar-refractivity contribution is 8.08. The Morgan fingerprint density at radius 2 is 1.91 bits per heavy atom. The van der Waals surface area contributed by atoms with Gasteiger partial charge in [-0.25, -0.2) is 12.6 Å². The number of ether oxygens (including phenoxy) is 1. The standard InChI is InChI=1S/C14H18N2O5S2/c1-21-11-7-3-4-8-12(11)23(19,20)13(16-15)14(22(17)18)9-5-2-6-10-14/h3-4,7-8H,2,5-6,9-10H2,1H3,(H,17,18). The van der Waals surface area contributed by atoms with Gasteiger partial charge in [0.25, 0.3) is 9.84 Å². The predicted molar refractivity (Wildman–Crippen MR) is 85.4 cm³/mol. The first kappa shape index (κ1) is 17.8. The third kappa shape index (κ3) is 3.10. The van der Waals surface area contributed by atoms with Crippen molar-refractivity contribution in [3.63, 3.8) is 0 Å². The molecule has 1 fully saturated rings. The first-order valence-corrected chi connectivity index (χ1v) is 9.71. The van der Waals surface area contributed by atoms with E-state index in [2.05, 4.69) is 4.79 Å². The fourth-order valence-corrected chi connectivity index (χ4v) is 5.98. The molecular formula is C14H18N2O5S2. The van der Waals surface area contributed by atoms with Crippen molar-refractivity contribution in [1.82, 2.24) is 0 Å². The molecular weight excluding hydrogens is 340 g/mol. The fraction of sp³-hybridized carbons (Fsp3) is 0.500. The number of sulfone groups is 1. The van der Waals surface area contributed by atoms with Crippen molar-refractivity contribution in [3.05, 3.63) is 29.8 Å². The van der Waals surface area contributed by atoms with Gasteiger partial charge in [0.05, 0.1) is 7.11 Å². The number of nitrogens with zero attached hydrogens (tertiary/aromatic N) is 2. The molecule has 0 bridgehead atoms. The van der Waals surface area contributed by atoms with Gasteiger partial charge >= 0.3 is 5.04 Å². The molecule has 1 aromatic rings. The molecule has 126 valence electrons. The molecule has 1 aromatic carbocycles. The number of hydrogen-bond acceptors (Lipinski definition) is 4. The molecule has 9 heteroatoms. The van der Waals surface area contributed by atoms with Crippen molar-refractivity contribution in [3.8, 4) is 5.75 Å². The largest absolute Gasteiger partial charge is 0.495 e. The number of methoxy groups -OCH3 is 1. The third-order valence-electron chi connectivity index (χ3n) is 4.09. The van der Waals surface area contributed by atoms with Crippen LogP contribution >= 0.6 is 0 Å². The van der Waals surface area contributed by atoms with Crippen molar-refractivity contribution >= 4 is 26.0 Å². The Hall–Kier alpha value is -1.54. The van der Waals surface area contributed by atoms with Crippen molar-refractivity contribution in [2.75, 3.05) is 7.11 Å². The zero-order chi connectivity index (χ0) is 17.1. The molecule has 1 atom stereocenters. The van der Waals surface area contributed by atoms with Gasteiger partial charge in [-0.3, -0.25) is 0 Å². The minimum Gasteiger partial charge on any atom is -0.495 e. The van der Waals surface area contributed by atoms with Crippen LogP contribution in [-0.4, -0.2) is 38.9 Å². The summed E-state index contributed by atoms with van der Waals surface area (Å²) in [5, 5.41) is -0.671. The average Bonchev–Trinajstić information content (AvgIpc) is 2.55. The van der Waals surface area contributed by atoms with Crippen molar-refractivity contribution in [2.45, 2.75) is 41.7 Å². The van der Waals surface area contributed by atoms with Gasteiger partial charge in [0.1, 0.15) is 10.6 Å². The Labute approximate surface area is 137 Å². The van der Waals surface area contributed by atoms with Crippen LogP contribution in [0.2, 0.25) is 0 Å². The van der Waals surface area contributed by atoms with Crippen molar-refractivity contribution in [1.29, 1.82) is 0 Å². The van der Waals surface area contributed by atoms with Crippen LogP contribution in [0.15, 0.2) is 29.2 Å². The number of rotatable bonds is 4. The Kier molecular flexibility index (Phi) is 5.36. The Bertz CT molecular complexity index is 763. The molecule has 1 saturated carbocycles. The quantitative estimate of drug-likeness (QED) is 0.290. The van der Waals surface area contributed by atoms with Gasteiger partial charge in [-0.2, -0.15) is 4.79 Å². The Morgan fingerprint density at radius 3 is 2.43 bits per heavy atom. The van der Waals surface area contributed by atoms with E-state index in [9.17, 15) is 22.7 Å². The first-order chi connectivity index (χ1) is 10.9. The molecule has 1 N–H and O–H groups in total. The normalized spacial score (nSPS) is 18.7. The van der Waals surface area contributed by atoms with E-state index in [1.165, 1.54) is 25.3 Å². The zero-order valence-corrected chi connectivity index (χ0v) is 14.3. The van der Waals surface area contributed by atoms with Gasteiger partial charge in [-0.15, -0.1) is 0 Å². The second-order valence-electron chi connectivity index (χ2n) is 5.36. The average molecular weight is 358 g/mol. The lowest BCUT2D eigenvalue weighted by molar-refractivity contribution is -0.00758. The van der Waals surface area contributed by atoms with Gasteiger partial charge in [-0.1, -0.05) is 31.4 Å². The lowest BCUT2D eigenvalue weighted by atomic mass is 9.89. The van der Waals surface area contributed by atoms with Crippen LogP contribution in [0.4, 0.5) is 0 Å². The molecule has 0 heterocycles. The molecule has 7 nitrogen and oxygen atoms in total. The minimum absolute atomic E-state index is 0.0864. The summed E-state index contributed by atoms with van der Waals surface area (Å²) in [6, 6.07) is 5.89. The number of benzene rings is 1. The Balaban J connectivity index is 2.64. The van der Waals surface area contributed by atoms with Crippen LogP contribution in [0.5, 0.6) is 5.75 Å². The third-order valence-corrected chi connectivity index (χ3v) is 7.39. The highest BCUT2D eigenvalue weighted by Gasteiger charge is 2.56. The van der Waals surface area contributed by atoms with Gasteiger partial charge < -0.3 is 14.8 Å². The van der Waals surface area contributed by atoms with E-state index in [-0.39, 0.29) is 23.5 Å². The lowest BCUT2D eigenvalue weighted by Gasteiger charge is -2.29. The molecule has 0 aromatic heterocycles. The van der Waals surface area contributed by atoms with Gasteiger partial charge in [0.2, 0.25) is 0 Å².